The second-order valence-electron chi connectivity index (χ2n) is 13.0. The van der Waals surface area contributed by atoms with Crippen LogP contribution in [0.4, 0.5) is 0 Å². The highest BCUT2D eigenvalue weighted by atomic mass is 16.6. The molecule has 5 atom stereocenters. The number of amides is 1. The van der Waals surface area contributed by atoms with Gasteiger partial charge in [-0.1, -0.05) is 121 Å². The van der Waals surface area contributed by atoms with E-state index in [1.54, 1.807) is 4.90 Å². The van der Waals surface area contributed by atoms with Crippen LogP contribution in [0.2, 0.25) is 0 Å². The first kappa shape index (κ1) is 37.3. The Labute approximate surface area is 296 Å². The van der Waals surface area contributed by atoms with Crippen LogP contribution < -0.4 is 0 Å². The van der Waals surface area contributed by atoms with Crippen molar-refractivity contribution < 1.29 is 34.0 Å². The fourth-order valence-electron chi connectivity index (χ4n) is 6.00. The van der Waals surface area contributed by atoms with Gasteiger partial charge < -0.3 is 39.0 Å². The number of likely N-dealkylation sites (N-methyl/N-ethyl adjacent to an activating group) is 1. The van der Waals surface area contributed by atoms with Gasteiger partial charge in [0.25, 0.3) is 5.91 Å². The van der Waals surface area contributed by atoms with Gasteiger partial charge in [0, 0.05) is 26.2 Å². The zero-order valence-corrected chi connectivity index (χ0v) is 29.1. The molecule has 0 radical (unpaired) electrons. The van der Waals surface area contributed by atoms with Crippen molar-refractivity contribution in [2.24, 2.45) is 0 Å². The summed E-state index contributed by atoms with van der Waals surface area (Å²) in [6.07, 6.45) is -4.95. The summed E-state index contributed by atoms with van der Waals surface area (Å²) in [7, 11) is 2.03. The summed E-state index contributed by atoms with van der Waals surface area (Å²) in [4.78, 5) is 18.6. The van der Waals surface area contributed by atoms with Gasteiger partial charge in [0.15, 0.2) is 6.10 Å². The van der Waals surface area contributed by atoms with Gasteiger partial charge >= 0.3 is 0 Å². The lowest BCUT2D eigenvalue weighted by Crippen LogP contribution is -2.65. The Morgan fingerprint density at radius 2 is 1.08 bits per heavy atom. The Hall–Kier alpha value is -3.93. The summed E-state index contributed by atoms with van der Waals surface area (Å²) < 4.78 is 26.0. The third-order valence-electron chi connectivity index (χ3n) is 9.15. The molecular formula is C41H50N2O7. The van der Waals surface area contributed by atoms with Crippen LogP contribution >= 0.6 is 0 Å². The summed E-state index contributed by atoms with van der Waals surface area (Å²) in [5, 5.41) is 23.9. The normalized spacial score (nSPS) is 17.4. The highest BCUT2D eigenvalue weighted by molar-refractivity contribution is 5.82. The van der Waals surface area contributed by atoms with Gasteiger partial charge in [-0.3, -0.25) is 4.79 Å². The van der Waals surface area contributed by atoms with Crippen molar-refractivity contribution in [3.05, 3.63) is 144 Å². The van der Waals surface area contributed by atoms with Crippen molar-refractivity contribution >= 4 is 5.91 Å². The van der Waals surface area contributed by atoms with Gasteiger partial charge in [0.2, 0.25) is 0 Å². The van der Waals surface area contributed by atoms with E-state index in [-0.39, 0.29) is 38.9 Å². The van der Waals surface area contributed by atoms with E-state index in [9.17, 15) is 15.0 Å². The van der Waals surface area contributed by atoms with E-state index in [1.165, 1.54) is 6.92 Å². The minimum atomic E-state index is -2.01. The molecule has 0 aromatic heterocycles. The molecule has 1 amide bonds. The molecular weight excluding hydrogens is 632 g/mol. The second kappa shape index (κ2) is 18.9. The molecule has 1 aliphatic rings. The van der Waals surface area contributed by atoms with Gasteiger partial charge in [-0.2, -0.15) is 0 Å². The maximum absolute atomic E-state index is 14.6. The third kappa shape index (κ3) is 10.5. The van der Waals surface area contributed by atoms with Gasteiger partial charge in [0.05, 0.1) is 39.1 Å². The van der Waals surface area contributed by atoms with E-state index in [4.69, 9.17) is 18.9 Å². The van der Waals surface area contributed by atoms with Crippen LogP contribution in [0.15, 0.2) is 121 Å². The molecule has 9 nitrogen and oxygen atoms in total. The average molecular weight is 683 g/mol. The van der Waals surface area contributed by atoms with Crippen LogP contribution in [-0.2, 0) is 50.2 Å². The van der Waals surface area contributed by atoms with Crippen LogP contribution in [0.3, 0.4) is 0 Å². The SMILES string of the molecule is C[C@@H](O)C(O)(COCc1ccccc1)[C@@H](OCc1ccccc1)[C@H](OCc1ccccc1)[C@@H](OCc1ccccc1)C(=O)N1CCN(C)CC1. The topological polar surface area (TPSA) is 101 Å². The molecule has 9 heteroatoms. The molecule has 0 bridgehead atoms. The van der Waals surface area contributed by atoms with E-state index >= 15 is 0 Å². The van der Waals surface area contributed by atoms with E-state index in [0.29, 0.717) is 26.2 Å². The molecule has 0 aliphatic carbocycles. The summed E-state index contributed by atoms with van der Waals surface area (Å²) in [6.45, 7) is 4.18. The maximum Gasteiger partial charge on any atom is 0.254 e. The quantitative estimate of drug-likeness (QED) is 0.154. The predicted molar refractivity (Wildman–Crippen MR) is 192 cm³/mol. The van der Waals surface area contributed by atoms with Gasteiger partial charge in [-0.15, -0.1) is 0 Å². The third-order valence-corrected chi connectivity index (χ3v) is 9.15. The van der Waals surface area contributed by atoms with Gasteiger partial charge in [0.1, 0.15) is 17.8 Å². The van der Waals surface area contributed by atoms with E-state index < -0.39 is 30.0 Å². The number of ether oxygens (including phenoxy) is 4. The minimum Gasteiger partial charge on any atom is -0.390 e. The predicted octanol–water partition coefficient (Wildman–Crippen LogP) is 4.85. The molecule has 266 valence electrons. The number of hydrogen-bond donors (Lipinski definition) is 2. The Balaban J connectivity index is 1.54. The van der Waals surface area contributed by atoms with Crippen molar-refractivity contribution in [3.63, 3.8) is 0 Å². The number of benzene rings is 4. The zero-order chi connectivity index (χ0) is 35.2. The monoisotopic (exact) mass is 682 g/mol. The Kier molecular flexibility index (Phi) is 14.1. The average Bonchev–Trinajstić information content (AvgIpc) is 3.15. The lowest BCUT2D eigenvalue weighted by Gasteiger charge is -2.44. The van der Waals surface area contributed by atoms with Gasteiger partial charge in [-0.05, 0) is 36.2 Å². The standard InChI is InChI=1S/C41H50N2O7/c1-32(44)41(46,31-47-27-33-15-7-3-8-16-33)39(50-30-36-21-13-6-14-22-36)37(48-28-34-17-9-4-10-18-34)38(49-29-35-19-11-5-12-20-35)40(45)43-25-23-42(2)24-26-43/h3-22,32,37-39,44,46H,23-31H2,1-2H3/t32-,37-,38-,39+,41?/m1/s1. The number of nitrogens with zero attached hydrogens (tertiary/aromatic N) is 2. The molecule has 0 saturated carbocycles. The molecule has 1 heterocycles. The lowest BCUT2D eigenvalue weighted by molar-refractivity contribution is -0.247. The van der Waals surface area contributed by atoms with Gasteiger partial charge in [-0.25, -0.2) is 0 Å². The zero-order valence-electron chi connectivity index (χ0n) is 29.1. The number of carbonyl (C=O) groups excluding carboxylic acids is 1. The van der Waals surface area contributed by atoms with Crippen molar-refractivity contribution in [1.82, 2.24) is 9.80 Å². The molecule has 2 N–H and O–H groups in total. The molecule has 1 fully saturated rings. The van der Waals surface area contributed by atoms with E-state index in [0.717, 1.165) is 22.3 Å². The molecule has 5 rings (SSSR count). The highest BCUT2D eigenvalue weighted by Crippen LogP contribution is 2.31. The largest absolute Gasteiger partial charge is 0.390 e. The Morgan fingerprint density at radius 1 is 0.660 bits per heavy atom. The first-order valence-electron chi connectivity index (χ1n) is 17.3. The fourth-order valence-corrected chi connectivity index (χ4v) is 6.00. The maximum atomic E-state index is 14.6. The van der Waals surface area contributed by atoms with Crippen molar-refractivity contribution in [1.29, 1.82) is 0 Å². The van der Waals surface area contributed by atoms with Crippen LogP contribution in [0, 0.1) is 0 Å². The molecule has 4 aromatic rings. The van der Waals surface area contributed by atoms with Crippen LogP contribution in [0.5, 0.6) is 0 Å². The molecule has 4 aromatic carbocycles. The molecule has 1 aliphatic heterocycles. The van der Waals surface area contributed by atoms with Crippen LogP contribution in [-0.4, -0.2) is 95.8 Å². The highest BCUT2D eigenvalue weighted by Gasteiger charge is 2.52. The first-order valence-corrected chi connectivity index (χ1v) is 17.3. The summed E-state index contributed by atoms with van der Waals surface area (Å²) >= 11 is 0. The fraction of sp³-hybridized carbons (Fsp3) is 0.390. The number of carbonyl (C=O) groups is 1. The van der Waals surface area contributed by atoms with Crippen molar-refractivity contribution in [2.45, 2.75) is 63.4 Å². The molecule has 0 spiro atoms. The lowest BCUT2D eigenvalue weighted by atomic mass is 9.85. The van der Waals surface area contributed by atoms with Crippen molar-refractivity contribution in [3.8, 4) is 0 Å². The number of hydrogen-bond acceptors (Lipinski definition) is 8. The second-order valence-corrected chi connectivity index (χ2v) is 13.0. The van der Waals surface area contributed by atoms with Crippen LogP contribution in [0.1, 0.15) is 29.2 Å². The minimum absolute atomic E-state index is 0.0819. The van der Waals surface area contributed by atoms with Crippen LogP contribution in [0.25, 0.3) is 0 Å². The smallest absolute Gasteiger partial charge is 0.254 e. The summed E-state index contributed by atoms with van der Waals surface area (Å²) in [5.41, 5.74) is 1.50. The van der Waals surface area contributed by atoms with E-state index in [2.05, 4.69) is 4.90 Å². The summed E-state index contributed by atoms with van der Waals surface area (Å²) in [5.74, 6) is -0.265. The molecule has 1 unspecified atom stereocenters. The number of piperazine rings is 1. The number of rotatable bonds is 18. The molecule has 1 saturated heterocycles. The molecule has 50 heavy (non-hydrogen) atoms. The first-order chi connectivity index (χ1) is 24.3. The summed E-state index contributed by atoms with van der Waals surface area (Å²) in [6, 6.07) is 38.4. The van der Waals surface area contributed by atoms with E-state index in [1.807, 2.05) is 128 Å². The van der Waals surface area contributed by atoms with Crippen molar-refractivity contribution in [2.75, 3.05) is 39.8 Å². The Morgan fingerprint density at radius 3 is 1.54 bits per heavy atom. The Bertz CT molecular complexity index is 1540. The number of aliphatic hydroxyl groups excluding tert-OH is 1. The number of aliphatic hydroxyl groups is 2.